The van der Waals surface area contributed by atoms with E-state index in [9.17, 15) is 2.74 Å². The molecule has 12 rings (SSSR count). The molecule has 0 radical (unpaired) electrons. The number of aromatic nitrogens is 4. The number of fused-ring (bicyclic) bond motifs is 8. The molecule has 0 aliphatic heterocycles. The van der Waals surface area contributed by atoms with Crippen LogP contribution in [-0.4, -0.2) is 19.5 Å². The number of nitrogens with zero attached hydrogens (tertiary/aromatic N) is 4. The van der Waals surface area contributed by atoms with Crippen molar-refractivity contribution < 1.29 is 15.1 Å². The van der Waals surface area contributed by atoms with Crippen LogP contribution in [-0.2, 0) is 0 Å². The zero-order chi connectivity index (χ0) is 48.4. The van der Waals surface area contributed by atoms with Crippen molar-refractivity contribution in [2.24, 2.45) is 0 Å². The minimum Gasteiger partial charge on any atom is -0.309 e. The third kappa shape index (κ3) is 5.49. The Labute approximate surface area is 355 Å². The minimum atomic E-state index is -0.454. The fourth-order valence-corrected chi connectivity index (χ4v) is 8.29. The minimum absolute atomic E-state index is 0.0725. The molecule has 0 amide bonds. The van der Waals surface area contributed by atoms with E-state index in [1.54, 1.807) is 16.7 Å². The average molecular weight is 762 g/mol. The normalized spacial score (nSPS) is 14.3. The summed E-state index contributed by atoms with van der Waals surface area (Å²) in [6.45, 7) is 0. The Morgan fingerprint density at radius 1 is 0.339 bits per heavy atom. The monoisotopic (exact) mass is 761 g/mol. The molecule has 0 atom stereocenters. The van der Waals surface area contributed by atoms with Gasteiger partial charge >= 0.3 is 0 Å². The van der Waals surface area contributed by atoms with Crippen LogP contribution in [0.3, 0.4) is 0 Å². The van der Waals surface area contributed by atoms with E-state index < -0.39 is 18.1 Å². The highest BCUT2D eigenvalue weighted by molar-refractivity contribution is 6.14. The number of para-hydroxylation sites is 2. The van der Waals surface area contributed by atoms with Crippen LogP contribution < -0.4 is 0 Å². The molecule has 274 valence electrons. The molecule has 4 heteroatoms. The van der Waals surface area contributed by atoms with Crippen LogP contribution in [0.5, 0.6) is 0 Å². The van der Waals surface area contributed by atoms with Gasteiger partial charge in [0.25, 0.3) is 0 Å². The molecule has 4 nitrogen and oxygen atoms in total. The second-order valence-corrected chi connectivity index (χ2v) is 14.4. The van der Waals surface area contributed by atoms with Crippen molar-refractivity contribution in [3.63, 3.8) is 0 Å². The van der Waals surface area contributed by atoms with Crippen LogP contribution in [0.2, 0.25) is 0 Å². The maximum atomic E-state index is 9.21. The highest BCUT2D eigenvalue weighted by atomic mass is 15.0. The smallest absolute Gasteiger partial charge is 0.164 e. The lowest BCUT2D eigenvalue weighted by Gasteiger charge is -2.15. The Balaban J connectivity index is 1.12. The lowest BCUT2D eigenvalue weighted by atomic mass is 9.96. The van der Waals surface area contributed by atoms with Gasteiger partial charge in [0.15, 0.2) is 17.5 Å². The van der Waals surface area contributed by atoms with Crippen molar-refractivity contribution in [2.75, 3.05) is 0 Å². The van der Waals surface area contributed by atoms with Gasteiger partial charge < -0.3 is 4.57 Å². The van der Waals surface area contributed by atoms with E-state index in [4.69, 9.17) is 27.3 Å². The Morgan fingerprint density at radius 2 is 0.898 bits per heavy atom. The molecule has 10 aromatic carbocycles. The van der Waals surface area contributed by atoms with E-state index in [0.29, 0.717) is 39.9 Å². The molecule has 0 spiro atoms. The standard InChI is InChI=1S/C55H34N4/c1-2-14-35(15-3-1)36-26-27-38-31-41(29-28-37(38)30-36)53-56-54(58-55(57-53)49-33-40-17-4-6-18-43(40)45-20-8-9-21-46(45)49)42-32-39-16-5-7-19-44(39)52(34-42)59-50-24-12-10-22-47(50)48-23-11-13-25-51(48)59/h1-34H/i1D,2D,3D,10D,11D,14D,15D,22D,23D,24D,25D. The van der Waals surface area contributed by atoms with Crippen molar-refractivity contribution >= 4 is 64.9 Å². The number of hydrogen-bond acceptors (Lipinski definition) is 3. The fourth-order valence-electron chi connectivity index (χ4n) is 8.29. The first-order valence-corrected chi connectivity index (χ1v) is 19.1. The van der Waals surface area contributed by atoms with Crippen molar-refractivity contribution in [3.8, 4) is 51.0 Å². The molecule has 0 saturated heterocycles. The van der Waals surface area contributed by atoms with E-state index in [2.05, 4.69) is 24.3 Å². The number of benzene rings is 10. The van der Waals surface area contributed by atoms with Gasteiger partial charge in [-0.25, -0.2) is 15.0 Å². The molecule has 0 N–H and O–H groups in total. The molecular weight excluding hydrogens is 717 g/mol. The van der Waals surface area contributed by atoms with E-state index >= 15 is 0 Å². The van der Waals surface area contributed by atoms with Crippen LogP contribution in [0.1, 0.15) is 15.1 Å². The van der Waals surface area contributed by atoms with Gasteiger partial charge in [-0.3, -0.25) is 0 Å². The van der Waals surface area contributed by atoms with E-state index in [-0.39, 0.29) is 75.7 Å². The summed E-state index contributed by atoms with van der Waals surface area (Å²) in [5, 5.41) is 7.38. The molecule has 0 aliphatic rings. The summed E-state index contributed by atoms with van der Waals surface area (Å²) in [6, 6.07) is 40.7. The highest BCUT2D eigenvalue weighted by Crippen LogP contribution is 2.39. The summed E-state index contributed by atoms with van der Waals surface area (Å²) in [7, 11) is 0. The van der Waals surface area contributed by atoms with Crippen LogP contribution in [0.15, 0.2) is 206 Å². The second kappa shape index (κ2) is 13.3. The van der Waals surface area contributed by atoms with Gasteiger partial charge in [0.05, 0.1) is 31.8 Å². The predicted octanol–water partition coefficient (Wildman–Crippen LogP) is 14.2. The Bertz CT molecular complexity index is 4180. The van der Waals surface area contributed by atoms with Gasteiger partial charge in [-0.1, -0.05) is 164 Å². The van der Waals surface area contributed by atoms with E-state index in [0.717, 1.165) is 48.7 Å². The quantitative estimate of drug-likeness (QED) is 0.164. The Morgan fingerprint density at radius 3 is 1.63 bits per heavy atom. The highest BCUT2D eigenvalue weighted by Gasteiger charge is 2.20. The molecule has 0 aliphatic carbocycles. The van der Waals surface area contributed by atoms with Crippen molar-refractivity contribution in [3.05, 3.63) is 206 Å². The van der Waals surface area contributed by atoms with Gasteiger partial charge in [-0.05, 0) is 91.2 Å². The molecule has 2 heterocycles. The van der Waals surface area contributed by atoms with Crippen molar-refractivity contribution in [2.45, 2.75) is 0 Å². The lowest BCUT2D eigenvalue weighted by Crippen LogP contribution is -2.02. The van der Waals surface area contributed by atoms with Gasteiger partial charge in [-0.15, -0.1) is 0 Å². The van der Waals surface area contributed by atoms with Crippen molar-refractivity contribution in [1.29, 1.82) is 0 Å². The van der Waals surface area contributed by atoms with Crippen LogP contribution in [0.4, 0.5) is 0 Å². The average Bonchev–Trinajstić information content (AvgIpc) is 3.75. The fraction of sp³-hybridized carbons (Fsp3) is 0. The Hall–Kier alpha value is -7.95. The molecule has 0 unspecified atom stereocenters. The lowest BCUT2D eigenvalue weighted by molar-refractivity contribution is 1.08. The van der Waals surface area contributed by atoms with Gasteiger partial charge in [0.2, 0.25) is 0 Å². The van der Waals surface area contributed by atoms with Gasteiger partial charge in [0.1, 0.15) is 0 Å². The summed E-state index contributed by atoms with van der Waals surface area (Å²) in [4.78, 5) is 15.6. The molecule has 59 heavy (non-hydrogen) atoms. The van der Waals surface area contributed by atoms with E-state index in [1.165, 1.54) is 12.1 Å². The SMILES string of the molecule is [2H]c1cc([2H])c2c(c1[2H])c1c([2H])c([2H])cc([2H])c1n2-c1cc(-c2nc(-c3ccc4cc(-c5c([2H])c([2H])c([2H])c([2H])c5[2H])ccc4c3)nc(-c3cc4ccccc4c4ccccc34)n2)cc2ccccc12. The summed E-state index contributed by atoms with van der Waals surface area (Å²) in [5.74, 6) is 1.06. The maximum absolute atomic E-state index is 9.21. The summed E-state index contributed by atoms with van der Waals surface area (Å²) in [5.41, 5.74) is 3.57. The summed E-state index contributed by atoms with van der Waals surface area (Å²) >= 11 is 0. The van der Waals surface area contributed by atoms with Crippen LogP contribution >= 0.6 is 0 Å². The molecule has 0 bridgehead atoms. The van der Waals surface area contributed by atoms with Gasteiger partial charge in [0, 0.05) is 32.8 Å². The molecule has 0 saturated carbocycles. The first-order chi connectivity index (χ1) is 33.8. The first-order valence-electron chi connectivity index (χ1n) is 24.6. The Kier molecular flexibility index (Phi) is 5.41. The molecule has 0 fully saturated rings. The largest absolute Gasteiger partial charge is 0.309 e. The van der Waals surface area contributed by atoms with Crippen molar-refractivity contribution in [1.82, 2.24) is 19.5 Å². The molecule has 12 aromatic rings. The molecular formula is C55H34N4. The van der Waals surface area contributed by atoms with E-state index in [1.807, 2.05) is 91.0 Å². The topological polar surface area (TPSA) is 43.6 Å². The number of hydrogen-bond donors (Lipinski definition) is 0. The number of rotatable bonds is 5. The molecule has 2 aromatic heterocycles. The third-order valence-electron chi connectivity index (χ3n) is 11.0. The second-order valence-electron chi connectivity index (χ2n) is 14.4. The zero-order valence-corrected chi connectivity index (χ0v) is 31.1. The zero-order valence-electron chi connectivity index (χ0n) is 42.1. The summed E-state index contributed by atoms with van der Waals surface area (Å²) < 4.78 is 97.0. The first kappa shape index (κ1) is 24.0. The predicted molar refractivity (Wildman–Crippen MR) is 246 cm³/mol. The third-order valence-corrected chi connectivity index (χ3v) is 11.0. The maximum Gasteiger partial charge on any atom is 0.164 e. The van der Waals surface area contributed by atoms with Gasteiger partial charge in [-0.2, -0.15) is 0 Å². The summed E-state index contributed by atoms with van der Waals surface area (Å²) in [6.07, 6.45) is 0. The van der Waals surface area contributed by atoms with Crippen LogP contribution in [0, 0.1) is 0 Å². The van der Waals surface area contributed by atoms with Crippen LogP contribution in [0.25, 0.3) is 116 Å².